The van der Waals surface area contributed by atoms with Crippen LogP contribution in [0.2, 0.25) is 0 Å². The maximum Gasteiger partial charge on any atom is 0.319 e. The van der Waals surface area contributed by atoms with Crippen molar-refractivity contribution in [3.63, 3.8) is 0 Å². The number of imidazole rings is 1. The van der Waals surface area contributed by atoms with Crippen molar-refractivity contribution in [2.24, 2.45) is 0 Å². The summed E-state index contributed by atoms with van der Waals surface area (Å²) in [6.07, 6.45) is 4.81. The van der Waals surface area contributed by atoms with Gasteiger partial charge < -0.3 is 14.6 Å². The van der Waals surface area contributed by atoms with Gasteiger partial charge in [-0.05, 0) is 50.8 Å². The molecule has 0 radical (unpaired) electrons. The van der Waals surface area contributed by atoms with Crippen LogP contribution in [0.1, 0.15) is 38.7 Å². The predicted molar refractivity (Wildman–Crippen MR) is 98.5 cm³/mol. The molecule has 1 unspecified atom stereocenters. The number of carbonyl (C=O) groups excluding carboxylic acids is 2. The van der Waals surface area contributed by atoms with Crippen molar-refractivity contribution in [2.45, 2.75) is 38.6 Å². The Kier molecular flexibility index (Phi) is 5.56. The molecule has 0 spiro atoms. The number of hydrogen-bond acceptors (Lipinski definition) is 5. The standard InChI is InChI=1S/C19H26N4O3/c1-3-26-17(24)12-22-19(2,18(25)23-9-5-4-6-10-23)14-7-8-15-16(11-14)21-13-20-15/h7-8,11,13,22H,3-6,9-10,12H2,1-2H3,(H,20,21). The lowest BCUT2D eigenvalue weighted by molar-refractivity contribution is -0.144. The highest BCUT2D eigenvalue weighted by atomic mass is 16.5. The Morgan fingerprint density at radius 2 is 2.08 bits per heavy atom. The Morgan fingerprint density at radius 1 is 1.31 bits per heavy atom. The zero-order valence-electron chi connectivity index (χ0n) is 15.4. The number of nitrogens with one attached hydrogen (secondary N) is 2. The van der Waals surface area contributed by atoms with Crippen LogP contribution in [0.4, 0.5) is 0 Å². The highest BCUT2D eigenvalue weighted by Crippen LogP contribution is 2.27. The van der Waals surface area contributed by atoms with E-state index in [0.29, 0.717) is 6.61 Å². The molecule has 0 bridgehead atoms. The van der Waals surface area contributed by atoms with Gasteiger partial charge in [-0.3, -0.25) is 14.9 Å². The smallest absolute Gasteiger partial charge is 0.319 e. The summed E-state index contributed by atoms with van der Waals surface area (Å²) >= 11 is 0. The molecule has 1 fully saturated rings. The fourth-order valence-corrected chi connectivity index (χ4v) is 3.42. The molecule has 140 valence electrons. The molecule has 7 nitrogen and oxygen atoms in total. The van der Waals surface area contributed by atoms with Crippen LogP contribution in [0.3, 0.4) is 0 Å². The molecule has 1 aromatic carbocycles. The number of amides is 1. The maximum absolute atomic E-state index is 13.4. The van der Waals surface area contributed by atoms with Crippen LogP contribution in [0.5, 0.6) is 0 Å². The number of likely N-dealkylation sites (tertiary alicyclic amines) is 1. The van der Waals surface area contributed by atoms with Gasteiger partial charge >= 0.3 is 5.97 Å². The average molecular weight is 358 g/mol. The normalized spacial score (nSPS) is 17.1. The summed E-state index contributed by atoms with van der Waals surface area (Å²) in [5.41, 5.74) is 1.49. The van der Waals surface area contributed by atoms with Crippen LogP contribution in [0.15, 0.2) is 24.5 Å². The summed E-state index contributed by atoms with van der Waals surface area (Å²) in [5.74, 6) is -0.381. The first-order valence-electron chi connectivity index (χ1n) is 9.18. The quantitative estimate of drug-likeness (QED) is 0.771. The van der Waals surface area contributed by atoms with E-state index < -0.39 is 5.54 Å². The second-order valence-electron chi connectivity index (χ2n) is 6.77. The Hall–Kier alpha value is -2.41. The first kappa shape index (κ1) is 18.4. The van der Waals surface area contributed by atoms with Crippen molar-refractivity contribution in [1.29, 1.82) is 0 Å². The van der Waals surface area contributed by atoms with Gasteiger partial charge in [-0.15, -0.1) is 0 Å². The van der Waals surface area contributed by atoms with E-state index in [1.165, 1.54) is 0 Å². The molecule has 0 aliphatic carbocycles. The SMILES string of the molecule is CCOC(=O)CNC(C)(C(=O)N1CCCCC1)c1ccc2nc[nH]c2c1. The third-order valence-electron chi connectivity index (χ3n) is 4.96. The molecule has 1 atom stereocenters. The Morgan fingerprint density at radius 3 is 2.81 bits per heavy atom. The number of benzene rings is 1. The summed E-state index contributed by atoms with van der Waals surface area (Å²) in [6.45, 7) is 5.40. The van der Waals surface area contributed by atoms with E-state index in [-0.39, 0.29) is 18.4 Å². The molecular formula is C19H26N4O3. The zero-order valence-corrected chi connectivity index (χ0v) is 15.4. The van der Waals surface area contributed by atoms with Crippen molar-refractivity contribution >= 4 is 22.9 Å². The van der Waals surface area contributed by atoms with Gasteiger partial charge in [0.2, 0.25) is 5.91 Å². The minimum Gasteiger partial charge on any atom is -0.465 e. The van der Waals surface area contributed by atoms with Gasteiger partial charge in [0.1, 0.15) is 5.54 Å². The number of fused-ring (bicyclic) bond motifs is 1. The number of carbonyl (C=O) groups is 2. The number of esters is 1. The lowest BCUT2D eigenvalue weighted by Gasteiger charge is -2.37. The summed E-state index contributed by atoms with van der Waals surface area (Å²) in [4.78, 5) is 34.4. The lowest BCUT2D eigenvalue weighted by Crippen LogP contribution is -2.56. The molecular weight excluding hydrogens is 332 g/mol. The van der Waals surface area contributed by atoms with Crippen molar-refractivity contribution in [1.82, 2.24) is 20.2 Å². The van der Waals surface area contributed by atoms with E-state index in [9.17, 15) is 9.59 Å². The third kappa shape index (κ3) is 3.72. The molecule has 2 aromatic rings. The molecule has 2 N–H and O–H groups in total. The second-order valence-corrected chi connectivity index (χ2v) is 6.77. The van der Waals surface area contributed by atoms with Crippen molar-refractivity contribution in [3.05, 3.63) is 30.1 Å². The molecule has 1 aromatic heterocycles. The highest BCUT2D eigenvalue weighted by Gasteiger charge is 2.39. The first-order chi connectivity index (χ1) is 12.5. The zero-order chi connectivity index (χ0) is 18.6. The van der Waals surface area contributed by atoms with Crippen molar-refractivity contribution < 1.29 is 14.3 Å². The summed E-state index contributed by atoms with van der Waals surface area (Å²) in [5, 5.41) is 3.15. The lowest BCUT2D eigenvalue weighted by atomic mass is 9.89. The molecule has 1 saturated heterocycles. The minimum absolute atomic E-state index is 0.0136. The molecule has 7 heteroatoms. The van der Waals surface area contributed by atoms with Gasteiger partial charge in [0.05, 0.1) is 30.5 Å². The van der Waals surface area contributed by atoms with Gasteiger partial charge in [0.25, 0.3) is 0 Å². The average Bonchev–Trinajstić information content (AvgIpc) is 3.14. The van der Waals surface area contributed by atoms with Crippen LogP contribution in [-0.4, -0.2) is 53.0 Å². The van der Waals surface area contributed by atoms with E-state index in [4.69, 9.17) is 4.74 Å². The summed E-state index contributed by atoms with van der Waals surface area (Å²) < 4.78 is 5.01. The largest absolute Gasteiger partial charge is 0.465 e. The Bertz CT molecular complexity index is 782. The van der Waals surface area contributed by atoms with Crippen LogP contribution in [-0.2, 0) is 19.9 Å². The van der Waals surface area contributed by atoms with E-state index in [1.807, 2.05) is 30.0 Å². The molecule has 1 amide bonds. The number of piperidine rings is 1. The first-order valence-corrected chi connectivity index (χ1v) is 9.18. The highest BCUT2D eigenvalue weighted by molar-refractivity contribution is 5.89. The molecule has 0 saturated carbocycles. The van der Waals surface area contributed by atoms with Gasteiger partial charge in [-0.1, -0.05) is 6.07 Å². The number of ether oxygens (including phenoxy) is 1. The molecule has 3 rings (SSSR count). The van der Waals surface area contributed by atoms with Crippen molar-refractivity contribution in [2.75, 3.05) is 26.2 Å². The number of rotatable bonds is 6. The monoisotopic (exact) mass is 358 g/mol. The van der Waals surface area contributed by atoms with Crippen molar-refractivity contribution in [3.8, 4) is 0 Å². The van der Waals surface area contributed by atoms with E-state index >= 15 is 0 Å². The third-order valence-corrected chi connectivity index (χ3v) is 4.96. The minimum atomic E-state index is -1.01. The Labute approximate surface area is 153 Å². The second kappa shape index (κ2) is 7.86. The molecule has 2 heterocycles. The summed E-state index contributed by atoms with van der Waals surface area (Å²) in [7, 11) is 0. The molecule has 26 heavy (non-hydrogen) atoms. The topological polar surface area (TPSA) is 87.3 Å². The van der Waals surface area contributed by atoms with E-state index in [2.05, 4.69) is 15.3 Å². The van der Waals surface area contributed by atoms with Crippen LogP contribution in [0, 0.1) is 0 Å². The van der Waals surface area contributed by atoms with Crippen LogP contribution < -0.4 is 5.32 Å². The summed E-state index contributed by atoms with van der Waals surface area (Å²) in [6, 6.07) is 5.69. The van der Waals surface area contributed by atoms with Crippen LogP contribution in [0.25, 0.3) is 11.0 Å². The fraction of sp³-hybridized carbons (Fsp3) is 0.526. The fourth-order valence-electron chi connectivity index (χ4n) is 3.42. The molecule has 1 aliphatic heterocycles. The number of aromatic nitrogens is 2. The predicted octanol–water partition coefficient (Wildman–Crippen LogP) is 1.94. The number of hydrogen-bond donors (Lipinski definition) is 2. The van der Waals surface area contributed by atoms with E-state index in [0.717, 1.165) is 48.9 Å². The number of H-pyrrole nitrogens is 1. The number of nitrogens with zero attached hydrogens (tertiary/aromatic N) is 2. The van der Waals surface area contributed by atoms with Gasteiger partial charge in [0.15, 0.2) is 0 Å². The molecule has 1 aliphatic rings. The van der Waals surface area contributed by atoms with Gasteiger partial charge in [-0.25, -0.2) is 4.98 Å². The van der Waals surface area contributed by atoms with E-state index in [1.54, 1.807) is 13.3 Å². The van der Waals surface area contributed by atoms with Gasteiger partial charge in [0, 0.05) is 13.1 Å². The van der Waals surface area contributed by atoms with Gasteiger partial charge in [-0.2, -0.15) is 0 Å². The Balaban J connectivity index is 1.91. The van der Waals surface area contributed by atoms with Crippen LogP contribution >= 0.6 is 0 Å². The number of aromatic amines is 1. The maximum atomic E-state index is 13.4.